The Labute approximate surface area is 194 Å². The summed E-state index contributed by atoms with van der Waals surface area (Å²) < 4.78 is 5.72. The second kappa shape index (κ2) is 10.2. The van der Waals surface area contributed by atoms with Crippen molar-refractivity contribution in [2.24, 2.45) is 0 Å². The van der Waals surface area contributed by atoms with E-state index in [1.165, 1.54) is 0 Å². The highest BCUT2D eigenvalue weighted by Gasteiger charge is 2.45. The summed E-state index contributed by atoms with van der Waals surface area (Å²) in [5.74, 6) is -0.796. The molecule has 1 aliphatic rings. The van der Waals surface area contributed by atoms with Gasteiger partial charge in [0.15, 0.2) is 0 Å². The number of carbonyl (C=O) groups is 2. The van der Waals surface area contributed by atoms with Crippen LogP contribution >= 0.6 is 11.6 Å². The van der Waals surface area contributed by atoms with Crippen LogP contribution in [-0.2, 0) is 9.59 Å². The van der Waals surface area contributed by atoms with Crippen molar-refractivity contribution in [3.8, 4) is 5.75 Å². The highest BCUT2D eigenvalue weighted by molar-refractivity contribution is 6.46. The first kappa shape index (κ1) is 23.8. The molecule has 1 N–H and O–H groups in total. The number of amides is 1. The number of benzene rings is 2. The Bertz CT molecular complexity index is 998. The number of ether oxygens (including phenoxy) is 1. The Hall–Kier alpha value is -2.83. The second-order valence-corrected chi connectivity index (χ2v) is 8.83. The van der Waals surface area contributed by atoms with Crippen LogP contribution in [0.1, 0.15) is 37.4 Å². The molecular weight excluding hydrogens is 428 g/mol. The molecule has 1 aliphatic heterocycles. The van der Waals surface area contributed by atoms with Gasteiger partial charge in [0.25, 0.3) is 11.7 Å². The van der Waals surface area contributed by atoms with Crippen molar-refractivity contribution in [1.82, 2.24) is 9.80 Å². The minimum atomic E-state index is -0.685. The number of ketones is 1. The van der Waals surface area contributed by atoms with Crippen molar-refractivity contribution < 1.29 is 19.4 Å². The van der Waals surface area contributed by atoms with Gasteiger partial charge in [-0.1, -0.05) is 23.7 Å². The van der Waals surface area contributed by atoms with Gasteiger partial charge in [-0.25, -0.2) is 0 Å². The standard InChI is InChI=1S/C25H29ClN2O4/c1-16(2)32-20-12-8-17(9-13-20)22-21(23(29)18-6-10-19(26)11-7-18)24(30)25(31)28(22)15-5-14-27(3)4/h6-13,16,22,29H,5,14-15H2,1-4H3/t22-/m1/s1. The SMILES string of the molecule is CC(C)Oc1ccc([C@@H]2C(=C(O)c3ccc(Cl)cc3)C(=O)C(=O)N2CCCN(C)C)cc1. The maximum absolute atomic E-state index is 13.0. The van der Waals surface area contributed by atoms with Crippen LogP contribution in [-0.4, -0.2) is 59.9 Å². The fourth-order valence-electron chi connectivity index (χ4n) is 3.78. The van der Waals surface area contributed by atoms with Crippen LogP contribution in [0.3, 0.4) is 0 Å². The molecule has 0 aromatic heterocycles. The molecule has 3 rings (SSSR count). The first-order chi connectivity index (χ1) is 15.2. The van der Waals surface area contributed by atoms with Crippen molar-refractivity contribution in [1.29, 1.82) is 0 Å². The molecule has 1 amide bonds. The Kier molecular flexibility index (Phi) is 7.59. The molecule has 0 bridgehead atoms. The average Bonchev–Trinajstić information content (AvgIpc) is 2.99. The van der Waals surface area contributed by atoms with Crippen LogP contribution in [0.4, 0.5) is 0 Å². The predicted octanol–water partition coefficient (Wildman–Crippen LogP) is 4.50. The Morgan fingerprint density at radius 3 is 2.28 bits per heavy atom. The summed E-state index contributed by atoms with van der Waals surface area (Å²) in [6, 6.07) is 13.2. The Morgan fingerprint density at radius 1 is 1.09 bits per heavy atom. The molecule has 0 unspecified atom stereocenters. The number of halogens is 1. The Morgan fingerprint density at radius 2 is 1.72 bits per heavy atom. The lowest BCUT2D eigenvalue weighted by Gasteiger charge is -2.26. The van der Waals surface area contributed by atoms with Crippen LogP contribution in [0.5, 0.6) is 5.75 Å². The maximum Gasteiger partial charge on any atom is 0.295 e. The van der Waals surface area contributed by atoms with E-state index in [0.29, 0.717) is 29.3 Å². The molecule has 0 radical (unpaired) electrons. The van der Waals surface area contributed by atoms with Crippen molar-refractivity contribution in [3.05, 3.63) is 70.3 Å². The molecule has 7 heteroatoms. The van der Waals surface area contributed by atoms with E-state index in [9.17, 15) is 14.7 Å². The molecule has 1 fully saturated rings. The molecule has 1 saturated heterocycles. The fraction of sp³-hybridized carbons (Fsp3) is 0.360. The number of hydrogen-bond acceptors (Lipinski definition) is 5. The third-order valence-corrected chi connectivity index (χ3v) is 5.48. The maximum atomic E-state index is 13.0. The van der Waals surface area contributed by atoms with Crippen LogP contribution in [0.2, 0.25) is 5.02 Å². The number of nitrogens with zero attached hydrogens (tertiary/aromatic N) is 2. The average molecular weight is 457 g/mol. The van der Waals surface area contributed by atoms with Gasteiger partial charge in [-0.3, -0.25) is 9.59 Å². The van der Waals surface area contributed by atoms with Crippen LogP contribution in [0.15, 0.2) is 54.1 Å². The van der Waals surface area contributed by atoms with Crippen LogP contribution in [0, 0.1) is 0 Å². The zero-order valence-electron chi connectivity index (χ0n) is 18.8. The van der Waals surface area contributed by atoms with Gasteiger partial charge in [-0.2, -0.15) is 0 Å². The summed E-state index contributed by atoms with van der Waals surface area (Å²) in [4.78, 5) is 29.5. The molecule has 32 heavy (non-hydrogen) atoms. The largest absolute Gasteiger partial charge is 0.507 e. The number of aliphatic hydroxyl groups excluding tert-OH is 1. The Balaban J connectivity index is 2.05. The first-order valence-electron chi connectivity index (χ1n) is 10.6. The second-order valence-electron chi connectivity index (χ2n) is 8.39. The van der Waals surface area contributed by atoms with E-state index in [-0.39, 0.29) is 17.4 Å². The lowest BCUT2D eigenvalue weighted by molar-refractivity contribution is -0.139. The third kappa shape index (κ3) is 5.31. The number of aliphatic hydroxyl groups is 1. The van der Waals surface area contributed by atoms with Crippen molar-refractivity contribution in [2.45, 2.75) is 32.4 Å². The van der Waals surface area contributed by atoms with E-state index in [0.717, 1.165) is 12.1 Å². The molecule has 2 aromatic carbocycles. The number of Topliss-reactive ketones (excluding diaryl/α,β-unsaturated/α-hetero) is 1. The molecule has 6 nitrogen and oxygen atoms in total. The fourth-order valence-corrected chi connectivity index (χ4v) is 3.90. The number of rotatable bonds is 8. The summed E-state index contributed by atoms with van der Waals surface area (Å²) in [5, 5.41) is 11.6. The van der Waals surface area contributed by atoms with Gasteiger partial charge in [0.1, 0.15) is 11.5 Å². The van der Waals surface area contributed by atoms with Crippen molar-refractivity contribution >= 4 is 29.1 Å². The van der Waals surface area contributed by atoms with E-state index >= 15 is 0 Å². The van der Waals surface area contributed by atoms with Gasteiger partial charge in [0.2, 0.25) is 0 Å². The van der Waals surface area contributed by atoms with E-state index in [2.05, 4.69) is 0 Å². The van der Waals surface area contributed by atoms with Gasteiger partial charge in [0.05, 0.1) is 17.7 Å². The van der Waals surface area contributed by atoms with Crippen molar-refractivity contribution in [2.75, 3.05) is 27.2 Å². The summed E-state index contributed by atoms with van der Waals surface area (Å²) in [6.07, 6.45) is 0.730. The molecular formula is C25H29ClN2O4. The minimum Gasteiger partial charge on any atom is -0.507 e. The molecule has 1 heterocycles. The normalized spacial score (nSPS) is 18.1. The lowest BCUT2D eigenvalue weighted by atomic mass is 9.95. The highest BCUT2D eigenvalue weighted by Crippen LogP contribution is 2.40. The smallest absolute Gasteiger partial charge is 0.295 e. The number of likely N-dealkylation sites (tertiary alicyclic amines) is 1. The lowest BCUT2D eigenvalue weighted by Crippen LogP contribution is -2.32. The van der Waals surface area contributed by atoms with E-state index in [4.69, 9.17) is 16.3 Å². The number of hydrogen-bond donors (Lipinski definition) is 1. The van der Waals surface area contributed by atoms with Gasteiger partial charge in [-0.05, 0) is 82.9 Å². The minimum absolute atomic E-state index is 0.0300. The summed E-state index contributed by atoms with van der Waals surface area (Å²) in [7, 11) is 3.92. The summed E-state index contributed by atoms with van der Waals surface area (Å²) in [5.41, 5.74) is 1.26. The molecule has 170 valence electrons. The van der Waals surface area contributed by atoms with E-state index in [1.54, 1.807) is 29.2 Å². The molecule has 0 saturated carbocycles. The van der Waals surface area contributed by atoms with Gasteiger partial charge in [-0.15, -0.1) is 0 Å². The zero-order chi connectivity index (χ0) is 23.4. The first-order valence-corrected chi connectivity index (χ1v) is 11.0. The van der Waals surface area contributed by atoms with Crippen molar-refractivity contribution in [3.63, 3.8) is 0 Å². The highest BCUT2D eigenvalue weighted by atomic mass is 35.5. The van der Waals surface area contributed by atoms with E-state index in [1.807, 2.05) is 57.1 Å². The summed E-state index contributed by atoms with van der Waals surface area (Å²) in [6.45, 7) is 5.06. The predicted molar refractivity (Wildman–Crippen MR) is 126 cm³/mol. The zero-order valence-corrected chi connectivity index (χ0v) is 19.6. The van der Waals surface area contributed by atoms with E-state index < -0.39 is 17.7 Å². The molecule has 0 aliphatic carbocycles. The van der Waals surface area contributed by atoms with Gasteiger partial charge in [0, 0.05) is 17.1 Å². The molecule has 1 atom stereocenters. The van der Waals surface area contributed by atoms with Crippen LogP contribution < -0.4 is 4.74 Å². The molecule has 0 spiro atoms. The number of carbonyl (C=O) groups excluding carboxylic acids is 2. The quantitative estimate of drug-likeness (QED) is 0.360. The van der Waals surface area contributed by atoms with Gasteiger partial charge < -0.3 is 19.6 Å². The summed E-state index contributed by atoms with van der Waals surface area (Å²) >= 11 is 5.97. The van der Waals surface area contributed by atoms with Crippen LogP contribution in [0.25, 0.3) is 5.76 Å². The monoisotopic (exact) mass is 456 g/mol. The topological polar surface area (TPSA) is 70.1 Å². The van der Waals surface area contributed by atoms with Gasteiger partial charge >= 0.3 is 0 Å². The third-order valence-electron chi connectivity index (χ3n) is 5.23. The molecule has 2 aromatic rings.